The number of benzene rings is 2. The molecule has 0 fully saturated rings. The third-order valence-electron chi connectivity index (χ3n) is 3.19. The van der Waals surface area contributed by atoms with E-state index in [-0.39, 0.29) is 35.2 Å². The number of hydrogen-bond acceptors (Lipinski definition) is 4. The standard InChI is InChI=1S/C18H17ClN2O4/c1-2-25-17(23)15(11-12-7-4-3-5-8-12)21-18(24)20-14-10-6-9-13(19)16(14)22/h3-10,22H,2,11H2,1H3,(H,20,24)/b21-15-. The first-order valence-electron chi connectivity index (χ1n) is 7.58. The van der Waals surface area contributed by atoms with Gasteiger partial charge < -0.3 is 15.2 Å². The van der Waals surface area contributed by atoms with Gasteiger partial charge in [0.2, 0.25) is 0 Å². The zero-order valence-electron chi connectivity index (χ0n) is 13.5. The Morgan fingerprint density at radius 1 is 1.16 bits per heavy atom. The average Bonchev–Trinajstić information content (AvgIpc) is 2.59. The maximum atomic E-state index is 12.1. The van der Waals surface area contributed by atoms with Crippen LogP contribution in [0.5, 0.6) is 5.75 Å². The number of anilines is 1. The Kier molecular flexibility index (Phi) is 6.54. The summed E-state index contributed by atoms with van der Waals surface area (Å²) in [5.74, 6) is -0.940. The molecule has 2 aromatic carbocycles. The minimum Gasteiger partial charge on any atom is -0.504 e. The van der Waals surface area contributed by atoms with Crippen molar-refractivity contribution in [3.05, 3.63) is 59.1 Å². The van der Waals surface area contributed by atoms with E-state index in [1.54, 1.807) is 13.0 Å². The smallest absolute Gasteiger partial charge is 0.353 e. The largest absolute Gasteiger partial charge is 0.504 e. The molecule has 25 heavy (non-hydrogen) atoms. The van der Waals surface area contributed by atoms with E-state index in [9.17, 15) is 14.7 Å². The summed E-state index contributed by atoms with van der Waals surface area (Å²) in [7, 11) is 0. The van der Waals surface area contributed by atoms with Crippen molar-refractivity contribution >= 4 is 35.0 Å². The number of aromatic hydroxyl groups is 1. The Hall–Kier alpha value is -2.86. The number of para-hydroxylation sites is 1. The van der Waals surface area contributed by atoms with Crippen molar-refractivity contribution in [1.29, 1.82) is 0 Å². The molecule has 0 aliphatic carbocycles. The van der Waals surface area contributed by atoms with Crippen LogP contribution in [0.25, 0.3) is 0 Å². The monoisotopic (exact) mass is 360 g/mol. The van der Waals surface area contributed by atoms with E-state index in [0.717, 1.165) is 5.56 Å². The van der Waals surface area contributed by atoms with Crippen molar-refractivity contribution < 1.29 is 19.4 Å². The Balaban J connectivity index is 2.21. The van der Waals surface area contributed by atoms with Gasteiger partial charge in [0.15, 0.2) is 5.75 Å². The molecule has 0 heterocycles. The van der Waals surface area contributed by atoms with Crippen molar-refractivity contribution in [2.45, 2.75) is 13.3 Å². The number of nitrogens with one attached hydrogen (secondary N) is 1. The van der Waals surface area contributed by atoms with Gasteiger partial charge in [-0.1, -0.05) is 48.0 Å². The van der Waals surface area contributed by atoms with Crippen LogP contribution >= 0.6 is 11.6 Å². The van der Waals surface area contributed by atoms with E-state index in [1.807, 2.05) is 30.3 Å². The summed E-state index contributed by atoms with van der Waals surface area (Å²) < 4.78 is 4.95. The van der Waals surface area contributed by atoms with Gasteiger partial charge in [-0.2, -0.15) is 4.99 Å². The van der Waals surface area contributed by atoms with Crippen LogP contribution in [0.4, 0.5) is 10.5 Å². The second-order valence-electron chi connectivity index (χ2n) is 5.01. The molecule has 0 atom stereocenters. The van der Waals surface area contributed by atoms with Gasteiger partial charge >= 0.3 is 12.0 Å². The highest BCUT2D eigenvalue weighted by molar-refractivity contribution is 6.39. The van der Waals surface area contributed by atoms with Gasteiger partial charge in [-0.3, -0.25) is 0 Å². The topological polar surface area (TPSA) is 88.0 Å². The summed E-state index contributed by atoms with van der Waals surface area (Å²) in [4.78, 5) is 28.0. The number of nitrogens with zero attached hydrogens (tertiary/aromatic N) is 1. The second-order valence-corrected chi connectivity index (χ2v) is 5.41. The van der Waals surface area contributed by atoms with Crippen LogP contribution in [0.15, 0.2) is 53.5 Å². The lowest BCUT2D eigenvalue weighted by Gasteiger charge is -2.08. The fourth-order valence-electron chi connectivity index (χ4n) is 2.04. The highest BCUT2D eigenvalue weighted by Gasteiger charge is 2.16. The number of rotatable bonds is 5. The van der Waals surface area contributed by atoms with Gasteiger partial charge in [0, 0.05) is 6.42 Å². The van der Waals surface area contributed by atoms with Gasteiger partial charge in [-0.15, -0.1) is 0 Å². The molecule has 0 aromatic heterocycles. The van der Waals surface area contributed by atoms with Crippen LogP contribution in [-0.2, 0) is 16.0 Å². The minimum atomic E-state index is -0.809. The number of carbonyl (C=O) groups excluding carboxylic acids is 2. The van der Waals surface area contributed by atoms with Crippen molar-refractivity contribution in [3.63, 3.8) is 0 Å². The van der Waals surface area contributed by atoms with Crippen LogP contribution < -0.4 is 5.32 Å². The molecule has 0 saturated carbocycles. The number of ether oxygens (including phenoxy) is 1. The number of amides is 2. The van der Waals surface area contributed by atoms with Crippen LogP contribution in [0.3, 0.4) is 0 Å². The number of carbonyl (C=O) groups is 2. The molecule has 2 amide bonds. The van der Waals surface area contributed by atoms with Crippen molar-refractivity contribution in [1.82, 2.24) is 0 Å². The second kappa shape index (κ2) is 8.84. The molecule has 2 aromatic rings. The molecular formula is C18H17ClN2O4. The van der Waals surface area contributed by atoms with E-state index in [0.29, 0.717) is 0 Å². The lowest BCUT2D eigenvalue weighted by molar-refractivity contribution is -0.135. The van der Waals surface area contributed by atoms with E-state index in [4.69, 9.17) is 16.3 Å². The number of phenols is 1. The Morgan fingerprint density at radius 3 is 2.56 bits per heavy atom. The summed E-state index contributed by atoms with van der Waals surface area (Å²) in [6.07, 6.45) is 0.147. The third-order valence-corrected chi connectivity index (χ3v) is 3.50. The lowest BCUT2D eigenvalue weighted by Crippen LogP contribution is -2.23. The van der Waals surface area contributed by atoms with Crippen LogP contribution in [0, 0.1) is 0 Å². The maximum Gasteiger partial charge on any atom is 0.353 e. The minimum absolute atomic E-state index is 0.0351. The molecule has 0 unspecified atom stereocenters. The normalized spacial score (nSPS) is 11.0. The Labute approximate surface area is 150 Å². The predicted molar refractivity (Wildman–Crippen MR) is 96.3 cm³/mol. The molecule has 130 valence electrons. The highest BCUT2D eigenvalue weighted by Crippen LogP contribution is 2.31. The number of esters is 1. The van der Waals surface area contributed by atoms with E-state index in [1.165, 1.54) is 12.1 Å². The molecule has 2 rings (SSSR count). The third kappa shape index (κ3) is 5.32. The van der Waals surface area contributed by atoms with Crippen LogP contribution in [-0.4, -0.2) is 29.4 Å². The molecule has 0 aliphatic rings. The van der Waals surface area contributed by atoms with E-state index in [2.05, 4.69) is 10.3 Å². The first-order valence-corrected chi connectivity index (χ1v) is 7.96. The van der Waals surface area contributed by atoms with Crippen molar-refractivity contribution in [2.24, 2.45) is 4.99 Å². The molecule has 0 spiro atoms. The fourth-order valence-corrected chi connectivity index (χ4v) is 2.22. The average molecular weight is 361 g/mol. The Bertz CT molecular complexity index is 791. The summed E-state index contributed by atoms with van der Waals surface area (Å²) in [5, 5.41) is 12.3. The summed E-state index contributed by atoms with van der Waals surface area (Å²) in [6, 6.07) is 12.8. The number of halogens is 1. The zero-order chi connectivity index (χ0) is 18.2. The summed E-state index contributed by atoms with van der Waals surface area (Å²) in [5.41, 5.74) is 0.879. The van der Waals surface area contributed by atoms with Crippen molar-refractivity contribution in [3.8, 4) is 5.75 Å². The van der Waals surface area contributed by atoms with Gasteiger partial charge in [-0.25, -0.2) is 9.59 Å². The molecule has 2 N–H and O–H groups in total. The van der Waals surface area contributed by atoms with Gasteiger partial charge in [0.1, 0.15) is 5.71 Å². The number of urea groups is 1. The number of aliphatic imine (C=N–C) groups is 1. The Morgan fingerprint density at radius 2 is 1.88 bits per heavy atom. The molecule has 0 saturated heterocycles. The first-order chi connectivity index (χ1) is 12.0. The van der Waals surface area contributed by atoms with E-state index >= 15 is 0 Å². The van der Waals surface area contributed by atoms with Gasteiger partial charge in [0.05, 0.1) is 17.3 Å². The summed E-state index contributed by atoms with van der Waals surface area (Å²) in [6.45, 7) is 1.84. The number of phenolic OH excluding ortho intramolecular Hbond substituents is 1. The zero-order valence-corrected chi connectivity index (χ0v) is 14.3. The highest BCUT2D eigenvalue weighted by atomic mass is 35.5. The number of hydrogen-bond donors (Lipinski definition) is 2. The van der Waals surface area contributed by atoms with Crippen molar-refractivity contribution in [2.75, 3.05) is 11.9 Å². The predicted octanol–water partition coefficient (Wildman–Crippen LogP) is 3.82. The lowest BCUT2D eigenvalue weighted by atomic mass is 10.1. The molecule has 0 radical (unpaired) electrons. The molecule has 0 aliphatic heterocycles. The summed E-state index contributed by atoms with van der Waals surface area (Å²) >= 11 is 5.79. The van der Waals surface area contributed by atoms with Crippen LogP contribution in [0.1, 0.15) is 12.5 Å². The molecule has 0 bridgehead atoms. The van der Waals surface area contributed by atoms with E-state index < -0.39 is 12.0 Å². The molecule has 7 heteroatoms. The first kappa shape index (κ1) is 18.5. The van der Waals surface area contributed by atoms with Gasteiger partial charge in [0.25, 0.3) is 0 Å². The molecule has 6 nitrogen and oxygen atoms in total. The molecular weight excluding hydrogens is 344 g/mol. The maximum absolute atomic E-state index is 12.1. The van der Waals surface area contributed by atoms with Crippen LogP contribution in [0.2, 0.25) is 5.02 Å². The quantitative estimate of drug-likeness (QED) is 0.482. The SMILES string of the molecule is CCOC(=O)/C(Cc1ccccc1)=N\C(=O)Nc1cccc(Cl)c1O. The van der Waals surface area contributed by atoms with Gasteiger partial charge in [-0.05, 0) is 24.6 Å². The fraction of sp³-hybridized carbons (Fsp3) is 0.167.